The molecule has 0 unspecified atom stereocenters. The third-order valence-electron chi connectivity index (χ3n) is 1.59. The van der Waals surface area contributed by atoms with E-state index in [0.29, 0.717) is 11.6 Å². The van der Waals surface area contributed by atoms with Crippen molar-refractivity contribution < 1.29 is 0 Å². The van der Waals surface area contributed by atoms with Crippen molar-refractivity contribution in [3.63, 3.8) is 0 Å². The van der Waals surface area contributed by atoms with Crippen molar-refractivity contribution in [2.24, 2.45) is 0 Å². The Morgan fingerprint density at radius 2 is 2.38 bits per heavy atom. The molecule has 0 aliphatic carbocycles. The summed E-state index contributed by atoms with van der Waals surface area (Å²) in [5.41, 5.74) is -0.169. The molecule has 0 amide bonds. The molecule has 5 nitrogen and oxygen atoms in total. The van der Waals surface area contributed by atoms with Crippen molar-refractivity contribution >= 4 is 0 Å². The number of H-pyrrole nitrogens is 1. The van der Waals surface area contributed by atoms with Gasteiger partial charge in [-0.15, -0.1) is 0 Å². The van der Waals surface area contributed by atoms with Crippen molar-refractivity contribution in [3.8, 4) is 5.82 Å². The van der Waals surface area contributed by atoms with Crippen molar-refractivity contribution in [3.05, 3.63) is 40.7 Å². The summed E-state index contributed by atoms with van der Waals surface area (Å²) >= 11 is 0. The molecule has 0 spiro atoms. The lowest BCUT2D eigenvalue weighted by Gasteiger charge is -1.99. The van der Waals surface area contributed by atoms with Gasteiger partial charge in [-0.3, -0.25) is 4.79 Å². The van der Waals surface area contributed by atoms with Crippen molar-refractivity contribution in [1.82, 2.24) is 19.7 Å². The fourth-order valence-electron chi connectivity index (χ4n) is 1.09. The van der Waals surface area contributed by atoms with Gasteiger partial charge in [0.25, 0.3) is 5.56 Å². The number of rotatable bonds is 1. The van der Waals surface area contributed by atoms with Gasteiger partial charge in [0.2, 0.25) is 0 Å². The van der Waals surface area contributed by atoms with Crippen LogP contribution in [-0.4, -0.2) is 19.7 Å². The summed E-state index contributed by atoms with van der Waals surface area (Å²) in [4.78, 5) is 17.8. The molecule has 0 aliphatic rings. The fraction of sp³-hybridized carbons (Fsp3) is 0.125. The van der Waals surface area contributed by atoms with E-state index in [1.54, 1.807) is 30.1 Å². The Bertz CT molecular complexity index is 457. The third kappa shape index (κ3) is 1.48. The van der Waals surface area contributed by atoms with Crippen LogP contribution in [0.15, 0.2) is 29.3 Å². The van der Waals surface area contributed by atoms with Crippen LogP contribution >= 0.6 is 0 Å². The number of hydrogen-bond donors (Lipinski definition) is 1. The van der Waals surface area contributed by atoms with E-state index in [0.717, 1.165) is 0 Å². The van der Waals surface area contributed by atoms with E-state index in [2.05, 4.69) is 15.1 Å². The van der Waals surface area contributed by atoms with Crippen LogP contribution in [0.5, 0.6) is 0 Å². The third-order valence-corrected chi connectivity index (χ3v) is 1.59. The van der Waals surface area contributed by atoms with Crippen LogP contribution < -0.4 is 5.56 Å². The number of aromatic nitrogens is 4. The first-order valence-corrected chi connectivity index (χ1v) is 3.84. The van der Waals surface area contributed by atoms with E-state index in [-0.39, 0.29) is 5.56 Å². The first-order chi connectivity index (χ1) is 6.25. The summed E-state index contributed by atoms with van der Waals surface area (Å²) in [6.45, 7) is 1.73. The second-order valence-electron chi connectivity index (χ2n) is 2.64. The van der Waals surface area contributed by atoms with E-state index in [4.69, 9.17) is 0 Å². The van der Waals surface area contributed by atoms with Gasteiger partial charge in [0.1, 0.15) is 5.82 Å². The monoisotopic (exact) mass is 176 g/mol. The second kappa shape index (κ2) is 2.85. The summed E-state index contributed by atoms with van der Waals surface area (Å²) in [5.74, 6) is 1.12. The molecule has 0 saturated heterocycles. The quantitative estimate of drug-likeness (QED) is 0.678. The first kappa shape index (κ1) is 7.72. The fourth-order valence-corrected chi connectivity index (χ4v) is 1.09. The highest BCUT2D eigenvalue weighted by molar-refractivity contribution is 5.18. The van der Waals surface area contributed by atoms with Gasteiger partial charge in [0, 0.05) is 18.5 Å². The van der Waals surface area contributed by atoms with Gasteiger partial charge < -0.3 is 4.98 Å². The summed E-state index contributed by atoms with van der Waals surface area (Å²) in [7, 11) is 0. The highest BCUT2D eigenvalue weighted by Gasteiger charge is 1.99. The topological polar surface area (TPSA) is 63.6 Å². The second-order valence-corrected chi connectivity index (χ2v) is 2.64. The molecule has 2 aromatic heterocycles. The maximum atomic E-state index is 11.1. The molecule has 2 heterocycles. The molecule has 1 N–H and O–H groups in total. The molecule has 2 aromatic rings. The smallest absolute Gasteiger partial charge is 0.253 e. The lowest BCUT2D eigenvalue weighted by atomic mass is 10.5. The van der Waals surface area contributed by atoms with Crippen LogP contribution in [-0.2, 0) is 0 Å². The van der Waals surface area contributed by atoms with Gasteiger partial charge in [0.15, 0.2) is 5.82 Å². The SMILES string of the molecule is Cc1nc(-n2cccn2)cc(=O)[nH]1. The van der Waals surface area contributed by atoms with Crippen LogP contribution in [0.3, 0.4) is 0 Å². The normalized spacial score (nSPS) is 10.2. The molecule has 0 fully saturated rings. The van der Waals surface area contributed by atoms with E-state index in [1.165, 1.54) is 6.07 Å². The average molecular weight is 176 g/mol. The summed E-state index contributed by atoms with van der Waals surface area (Å²) < 4.78 is 1.54. The first-order valence-electron chi connectivity index (χ1n) is 3.84. The number of aromatic amines is 1. The molecule has 0 aliphatic heterocycles. The number of nitrogens with zero attached hydrogens (tertiary/aromatic N) is 3. The minimum absolute atomic E-state index is 0.169. The van der Waals surface area contributed by atoms with Crippen LogP contribution in [0.4, 0.5) is 0 Å². The van der Waals surface area contributed by atoms with Crippen LogP contribution in [0, 0.1) is 6.92 Å². The Morgan fingerprint density at radius 1 is 1.54 bits per heavy atom. The molecule has 0 saturated carbocycles. The molecule has 0 radical (unpaired) electrons. The van der Waals surface area contributed by atoms with E-state index in [9.17, 15) is 4.79 Å². The highest BCUT2D eigenvalue weighted by atomic mass is 16.1. The van der Waals surface area contributed by atoms with E-state index < -0.39 is 0 Å². The van der Waals surface area contributed by atoms with E-state index in [1.807, 2.05) is 0 Å². The predicted molar refractivity (Wildman–Crippen MR) is 46.7 cm³/mol. The lowest BCUT2D eigenvalue weighted by Crippen LogP contribution is -2.12. The molecule has 13 heavy (non-hydrogen) atoms. The zero-order valence-corrected chi connectivity index (χ0v) is 7.06. The van der Waals surface area contributed by atoms with Gasteiger partial charge in [-0.2, -0.15) is 5.10 Å². The number of nitrogens with one attached hydrogen (secondary N) is 1. The van der Waals surface area contributed by atoms with Crippen molar-refractivity contribution in [1.29, 1.82) is 0 Å². The van der Waals surface area contributed by atoms with Gasteiger partial charge in [-0.1, -0.05) is 0 Å². The maximum absolute atomic E-state index is 11.1. The van der Waals surface area contributed by atoms with Gasteiger partial charge in [-0.05, 0) is 13.0 Å². The molecule has 0 aromatic carbocycles. The molecule has 2 rings (SSSR count). The van der Waals surface area contributed by atoms with Crippen molar-refractivity contribution in [2.45, 2.75) is 6.92 Å². The zero-order chi connectivity index (χ0) is 9.26. The largest absolute Gasteiger partial charge is 0.311 e. The Labute approximate surface area is 74.1 Å². The Hall–Kier alpha value is -1.91. The lowest BCUT2D eigenvalue weighted by molar-refractivity contribution is 0.822. The minimum Gasteiger partial charge on any atom is -0.311 e. The van der Waals surface area contributed by atoms with Crippen LogP contribution in [0.1, 0.15) is 5.82 Å². The van der Waals surface area contributed by atoms with Crippen LogP contribution in [0.2, 0.25) is 0 Å². The molecular formula is C8H8N4O. The Kier molecular flexibility index (Phi) is 1.70. The number of aryl methyl sites for hydroxylation is 1. The molecule has 5 heteroatoms. The van der Waals surface area contributed by atoms with Gasteiger partial charge in [-0.25, -0.2) is 9.67 Å². The average Bonchev–Trinajstić information content (AvgIpc) is 2.53. The molecular weight excluding hydrogens is 168 g/mol. The predicted octanol–water partition coefficient (Wildman–Crippen LogP) is 0.264. The summed E-state index contributed by atoms with van der Waals surface area (Å²) in [6, 6.07) is 3.18. The zero-order valence-electron chi connectivity index (χ0n) is 7.06. The molecule has 66 valence electrons. The standard InChI is InChI=1S/C8H8N4O/c1-6-10-7(5-8(13)11-6)12-4-2-3-9-12/h2-5H,1H3,(H,10,11,13). The van der Waals surface area contributed by atoms with Gasteiger partial charge in [0.05, 0.1) is 0 Å². The molecule has 0 bridgehead atoms. The van der Waals surface area contributed by atoms with E-state index >= 15 is 0 Å². The van der Waals surface area contributed by atoms with Crippen LogP contribution in [0.25, 0.3) is 5.82 Å². The number of hydrogen-bond acceptors (Lipinski definition) is 3. The maximum Gasteiger partial charge on any atom is 0.253 e. The minimum atomic E-state index is -0.169. The molecule has 0 atom stereocenters. The highest BCUT2D eigenvalue weighted by Crippen LogP contribution is 1.97. The Balaban J connectivity index is 2.59. The van der Waals surface area contributed by atoms with Crippen molar-refractivity contribution in [2.75, 3.05) is 0 Å². The Morgan fingerprint density at radius 3 is 3.00 bits per heavy atom. The van der Waals surface area contributed by atoms with Gasteiger partial charge >= 0.3 is 0 Å². The summed E-state index contributed by atoms with van der Waals surface area (Å²) in [6.07, 6.45) is 3.37. The summed E-state index contributed by atoms with van der Waals surface area (Å²) in [5, 5.41) is 3.97.